The van der Waals surface area contributed by atoms with Crippen LogP contribution < -0.4 is 0 Å². The van der Waals surface area contributed by atoms with E-state index in [4.69, 9.17) is 0 Å². The SMILES string of the molecule is CCCCCCCCCCCC(O)Cc1cnn(CC)c1. The van der Waals surface area contributed by atoms with Crippen molar-refractivity contribution in [1.29, 1.82) is 0 Å². The van der Waals surface area contributed by atoms with E-state index in [1.165, 1.54) is 51.4 Å². The maximum Gasteiger partial charge on any atom is 0.0581 e. The topological polar surface area (TPSA) is 38.1 Å². The lowest BCUT2D eigenvalue weighted by molar-refractivity contribution is 0.161. The summed E-state index contributed by atoms with van der Waals surface area (Å²) in [6, 6.07) is 0. The first-order valence-corrected chi connectivity index (χ1v) is 8.95. The van der Waals surface area contributed by atoms with Crippen LogP contribution in [0.15, 0.2) is 12.4 Å². The Kier molecular flexibility index (Phi) is 10.2. The lowest BCUT2D eigenvalue weighted by Gasteiger charge is -2.09. The van der Waals surface area contributed by atoms with Crippen molar-refractivity contribution in [2.45, 2.75) is 97.1 Å². The summed E-state index contributed by atoms with van der Waals surface area (Å²) in [5.41, 5.74) is 1.15. The Hall–Kier alpha value is -0.830. The van der Waals surface area contributed by atoms with Gasteiger partial charge in [-0.25, -0.2) is 0 Å². The molecule has 0 radical (unpaired) electrons. The summed E-state index contributed by atoms with van der Waals surface area (Å²) in [5, 5.41) is 14.3. The minimum atomic E-state index is -0.205. The Balaban J connectivity index is 1.94. The Morgan fingerprint density at radius 2 is 1.62 bits per heavy atom. The molecule has 1 heterocycles. The summed E-state index contributed by atoms with van der Waals surface area (Å²) in [7, 11) is 0. The lowest BCUT2D eigenvalue weighted by atomic mass is 10.0. The lowest BCUT2D eigenvalue weighted by Crippen LogP contribution is -2.09. The van der Waals surface area contributed by atoms with E-state index in [1.807, 2.05) is 17.1 Å². The number of aromatic nitrogens is 2. The number of nitrogens with zero attached hydrogens (tertiary/aromatic N) is 2. The van der Waals surface area contributed by atoms with Gasteiger partial charge in [0.05, 0.1) is 12.3 Å². The van der Waals surface area contributed by atoms with Crippen LogP contribution in [0.5, 0.6) is 0 Å². The Bertz CT molecular complexity index is 349. The van der Waals surface area contributed by atoms with Gasteiger partial charge in [-0.1, -0.05) is 64.7 Å². The maximum absolute atomic E-state index is 10.0. The average Bonchev–Trinajstić information content (AvgIpc) is 2.93. The van der Waals surface area contributed by atoms with Crippen LogP contribution in [0, 0.1) is 0 Å². The zero-order chi connectivity index (χ0) is 15.3. The largest absolute Gasteiger partial charge is 0.393 e. The van der Waals surface area contributed by atoms with E-state index < -0.39 is 0 Å². The van der Waals surface area contributed by atoms with Crippen molar-refractivity contribution >= 4 is 0 Å². The van der Waals surface area contributed by atoms with Crippen LogP contribution >= 0.6 is 0 Å². The minimum Gasteiger partial charge on any atom is -0.393 e. The summed E-state index contributed by atoms with van der Waals surface area (Å²) in [4.78, 5) is 0. The molecule has 0 spiro atoms. The van der Waals surface area contributed by atoms with Crippen LogP contribution in [0.1, 0.15) is 83.6 Å². The second-order valence-electron chi connectivity index (χ2n) is 6.18. The van der Waals surface area contributed by atoms with Gasteiger partial charge in [-0.2, -0.15) is 5.10 Å². The number of hydrogen-bond donors (Lipinski definition) is 1. The molecule has 1 aromatic heterocycles. The van der Waals surface area contributed by atoms with E-state index in [-0.39, 0.29) is 6.10 Å². The van der Waals surface area contributed by atoms with Crippen LogP contribution in [0.25, 0.3) is 0 Å². The molecule has 3 nitrogen and oxygen atoms in total. The smallest absolute Gasteiger partial charge is 0.0581 e. The summed E-state index contributed by atoms with van der Waals surface area (Å²) in [6.07, 6.45) is 17.4. The predicted molar refractivity (Wildman–Crippen MR) is 89.5 cm³/mol. The summed E-state index contributed by atoms with van der Waals surface area (Å²) < 4.78 is 1.92. The van der Waals surface area contributed by atoms with Crippen molar-refractivity contribution in [3.8, 4) is 0 Å². The molecular weight excluding hydrogens is 260 g/mol. The number of rotatable bonds is 13. The summed E-state index contributed by atoms with van der Waals surface area (Å²) in [5.74, 6) is 0. The molecular formula is C18H34N2O. The van der Waals surface area contributed by atoms with Crippen molar-refractivity contribution in [3.63, 3.8) is 0 Å². The van der Waals surface area contributed by atoms with E-state index in [2.05, 4.69) is 18.9 Å². The number of unbranched alkanes of at least 4 members (excludes halogenated alkanes) is 8. The van der Waals surface area contributed by atoms with Crippen molar-refractivity contribution in [2.75, 3.05) is 0 Å². The highest BCUT2D eigenvalue weighted by atomic mass is 16.3. The first-order chi connectivity index (χ1) is 10.3. The maximum atomic E-state index is 10.0. The fourth-order valence-electron chi connectivity index (χ4n) is 2.75. The van der Waals surface area contributed by atoms with Crippen molar-refractivity contribution in [1.82, 2.24) is 9.78 Å². The van der Waals surface area contributed by atoms with Gasteiger partial charge < -0.3 is 5.11 Å². The van der Waals surface area contributed by atoms with E-state index >= 15 is 0 Å². The van der Waals surface area contributed by atoms with Gasteiger partial charge in [0.2, 0.25) is 0 Å². The van der Waals surface area contributed by atoms with Gasteiger partial charge in [-0.05, 0) is 18.9 Å². The quantitative estimate of drug-likeness (QED) is 0.534. The Labute approximate surface area is 130 Å². The van der Waals surface area contributed by atoms with Crippen molar-refractivity contribution < 1.29 is 5.11 Å². The molecule has 0 aliphatic heterocycles. The zero-order valence-corrected chi connectivity index (χ0v) is 14.1. The van der Waals surface area contributed by atoms with Gasteiger partial charge in [0.15, 0.2) is 0 Å². The van der Waals surface area contributed by atoms with Gasteiger partial charge in [-0.3, -0.25) is 4.68 Å². The van der Waals surface area contributed by atoms with E-state index in [0.29, 0.717) is 0 Å². The molecule has 1 atom stereocenters. The van der Waals surface area contributed by atoms with E-state index in [1.54, 1.807) is 0 Å². The van der Waals surface area contributed by atoms with E-state index in [9.17, 15) is 5.11 Å². The van der Waals surface area contributed by atoms with Crippen LogP contribution in [-0.4, -0.2) is 21.0 Å². The highest BCUT2D eigenvalue weighted by molar-refractivity contribution is 5.05. The van der Waals surface area contributed by atoms with Crippen molar-refractivity contribution in [2.24, 2.45) is 0 Å². The second-order valence-corrected chi connectivity index (χ2v) is 6.18. The molecule has 1 aromatic rings. The predicted octanol–water partition coefficient (Wildman–Crippen LogP) is 4.73. The number of hydrogen-bond acceptors (Lipinski definition) is 2. The van der Waals surface area contributed by atoms with Gasteiger partial charge in [-0.15, -0.1) is 0 Å². The molecule has 21 heavy (non-hydrogen) atoms. The van der Waals surface area contributed by atoms with Gasteiger partial charge in [0.1, 0.15) is 0 Å². The molecule has 1 unspecified atom stereocenters. The Morgan fingerprint density at radius 1 is 1.00 bits per heavy atom. The minimum absolute atomic E-state index is 0.205. The molecule has 0 fully saturated rings. The van der Waals surface area contributed by atoms with Crippen LogP contribution in [0.4, 0.5) is 0 Å². The zero-order valence-electron chi connectivity index (χ0n) is 14.1. The second kappa shape index (κ2) is 11.8. The average molecular weight is 294 g/mol. The third-order valence-electron chi connectivity index (χ3n) is 4.12. The fraction of sp³-hybridized carbons (Fsp3) is 0.833. The molecule has 0 aliphatic carbocycles. The highest BCUT2D eigenvalue weighted by Gasteiger charge is 2.07. The first-order valence-electron chi connectivity index (χ1n) is 8.95. The standard InChI is InChI=1S/C18H34N2O/c1-3-5-6-7-8-9-10-11-12-13-18(21)14-17-15-19-20(4-2)16-17/h15-16,18,21H,3-14H2,1-2H3. The molecule has 0 amide bonds. The first kappa shape index (κ1) is 18.2. The molecule has 122 valence electrons. The monoisotopic (exact) mass is 294 g/mol. The normalized spacial score (nSPS) is 12.7. The number of aliphatic hydroxyl groups is 1. The molecule has 0 aromatic carbocycles. The molecule has 1 N–H and O–H groups in total. The molecule has 0 aliphatic rings. The highest BCUT2D eigenvalue weighted by Crippen LogP contribution is 2.13. The molecule has 1 rings (SSSR count). The molecule has 0 saturated carbocycles. The third kappa shape index (κ3) is 8.92. The molecule has 3 heteroatoms. The van der Waals surface area contributed by atoms with Gasteiger partial charge in [0.25, 0.3) is 0 Å². The van der Waals surface area contributed by atoms with E-state index in [0.717, 1.165) is 31.4 Å². The van der Waals surface area contributed by atoms with Crippen molar-refractivity contribution in [3.05, 3.63) is 18.0 Å². The molecule has 0 bridgehead atoms. The van der Waals surface area contributed by atoms with Gasteiger partial charge in [0, 0.05) is 19.2 Å². The summed E-state index contributed by atoms with van der Waals surface area (Å²) in [6.45, 7) is 5.24. The van der Waals surface area contributed by atoms with Crippen LogP contribution in [-0.2, 0) is 13.0 Å². The fourth-order valence-corrected chi connectivity index (χ4v) is 2.75. The number of aliphatic hydroxyl groups excluding tert-OH is 1. The van der Waals surface area contributed by atoms with Crippen LogP contribution in [0.2, 0.25) is 0 Å². The third-order valence-corrected chi connectivity index (χ3v) is 4.12. The number of aryl methyl sites for hydroxylation is 1. The molecule has 0 saturated heterocycles. The van der Waals surface area contributed by atoms with Gasteiger partial charge >= 0.3 is 0 Å². The Morgan fingerprint density at radius 3 is 2.19 bits per heavy atom. The summed E-state index contributed by atoms with van der Waals surface area (Å²) >= 11 is 0. The van der Waals surface area contributed by atoms with Crippen LogP contribution in [0.3, 0.4) is 0 Å².